The molecule has 0 heterocycles. The van der Waals surface area contributed by atoms with E-state index in [1.807, 2.05) is 21.1 Å². The minimum absolute atomic E-state index is 0.0277. The lowest BCUT2D eigenvalue weighted by atomic mass is 10.0. The Morgan fingerprint density at radius 1 is 0.419 bits per heavy atom. The lowest BCUT2D eigenvalue weighted by Gasteiger charge is -2.24. The summed E-state index contributed by atoms with van der Waals surface area (Å²) in [5.74, 6) is -0.802. The number of hydrogen-bond acceptors (Lipinski definition) is 7. The van der Waals surface area contributed by atoms with Crippen molar-refractivity contribution >= 4 is 19.8 Å². The molecule has 0 aliphatic rings. The average Bonchev–Trinajstić information content (AvgIpc) is 3.36. The van der Waals surface area contributed by atoms with Crippen LogP contribution < -0.4 is 0 Å². The van der Waals surface area contributed by atoms with Crippen molar-refractivity contribution in [1.82, 2.24) is 0 Å². The monoisotopic (exact) mass is 1060 g/mol. The van der Waals surface area contributed by atoms with Gasteiger partial charge in [-0.3, -0.25) is 18.6 Å². The van der Waals surface area contributed by atoms with Gasteiger partial charge in [-0.1, -0.05) is 241 Å². The van der Waals surface area contributed by atoms with Gasteiger partial charge in [-0.05, 0) is 89.9 Å². The second-order valence-electron chi connectivity index (χ2n) is 21.7. The number of carbonyl (C=O) groups is 2. The van der Waals surface area contributed by atoms with E-state index in [0.29, 0.717) is 17.4 Å². The second kappa shape index (κ2) is 55.2. The van der Waals surface area contributed by atoms with Gasteiger partial charge in [0.2, 0.25) is 0 Å². The molecule has 0 aromatic heterocycles. The molecule has 0 radical (unpaired) electrons. The smallest absolute Gasteiger partial charge is 0.462 e. The Bertz CT molecular complexity index is 1480. The molecule has 0 bridgehead atoms. The molecule has 0 amide bonds. The molecule has 0 saturated carbocycles. The normalized spacial score (nSPS) is 13.8. The van der Waals surface area contributed by atoms with Crippen LogP contribution in [-0.4, -0.2) is 74.9 Å². The van der Waals surface area contributed by atoms with Gasteiger partial charge in [0.05, 0.1) is 27.7 Å². The third-order valence-corrected chi connectivity index (χ3v) is 14.2. The number of likely N-dealkylation sites (N-methyl/N-ethyl adjacent to an activating group) is 1. The molecule has 0 saturated heterocycles. The van der Waals surface area contributed by atoms with Crippen molar-refractivity contribution in [1.29, 1.82) is 0 Å². The molecule has 0 aliphatic heterocycles. The predicted octanol–water partition coefficient (Wildman–Crippen LogP) is 19.3. The minimum Gasteiger partial charge on any atom is -0.462 e. The summed E-state index contributed by atoms with van der Waals surface area (Å²) >= 11 is 0. The van der Waals surface area contributed by atoms with Crippen LogP contribution in [0.1, 0.15) is 271 Å². The van der Waals surface area contributed by atoms with E-state index in [1.54, 1.807) is 0 Å². The van der Waals surface area contributed by atoms with Gasteiger partial charge in [0.25, 0.3) is 0 Å². The highest BCUT2D eigenvalue weighted by Gasteiger charge is 2.27. The number of rotatable bonds is 56. The third kappa shape index (κ3) is 58.7. The first-order valence-corrected chi connectivity index (χ1v) is 32.2. The van der Waals surface area contributed by atoms with E-state index in [1.165, 1.54) is 167 Å². The minimum atomic E-state index is -4.39. The van der Waals surface area contributed by atoms with E-state index in [2.05, 4.69) is 86.8 Å². The number of carbonyl (C=O) groups excluding carboxylic acids is 2. The fourth-order valence-corrected chi connectivity index (χ4v) is 9.18. The first-order valence-electron chi connectivity index (χ1n) is 30.7. The molecule has 2 atom stereocenters. The van der Waals surface area contributed by atoms with Crippen LogP contribution in [0.15, 0.2) is 72.9 Å². The molecule has 0 aromatic carbocycles. The van der Waals surface area contributed by atoms with E-state index in [9.17, 15) is 19.0 Å². The van der Waals surface area contributed by atoms with E-state index in [-0.39, 0.29) is 32.0 Å². The van der Waals surface area contributed by atoms with Crippen LogP contribution in [0.25, 0.3) is 0 Å². The summed E-state index contributed by atoms with van der Waals surface area (Å²) in [6, 6.07) is 0. The summed E-state index contributed by atoms with van der Waals surface area (Å²) in [6.07, 6.45) is 72.5. The Kier molecular flexibility index (Phi) is 53.3. The molecule has 0 fully saturated rings. The van der Waals surface area contributed by atoms with E-state index >= 15 is 0 Å². The highest BCUT2D eigenvalue weighted by atomic mass is 31.2. The summed E-state index contributed by atoms with van der Waals surface area (Å²) < 4.78 is 34.6. The maximum atomic E-state index is 12.8. The first kappa shape index (κ1) is 71.5. The molecule has 0 aliphatic carbocycles. The molecule has 0 rings (SSSR count). The molecule has 0 aromatic rings. The summed E-state index contributed by atoms with van der Waals surface area (Å²) in [5.41, 5.74) is 0. The Hall–Kier alpha value is -2.55. The number of ether oxygens (including phenoxy) is 2. The highest BCUT2D eigenvalue weighted by Crippen LogP contribution is 2.43. The Morgan fingerprint density at radius 2 is 0.730 bits per heavy atom. The summed E-state index contributed by atoms with van der Waals surface area (Å²) in [4.78, 5) is 35.8. The Balaban J connectivity index is 4.17. The van der Waals surface area contributed by atoms with Gasteiger partial charge < -0.3 is 18.9 Å². The van der Waals surface area contributed by atoms with E-state index in [0.717, 1.165) is 70.6 Å². The van der Waals surface area contributed by atoms with Gasteiger partial charge in [-0.25, -0.2) is 4.57 Å². The molecule has 74 heavy (non-hydrogen) atoms. The number of hydrogen-bond donors (Lipinski definition) is 1. The Labute approximate surface area is 457 Å². The second-order valence-corrected chi connectivity index (χ2v) is 23.2. The summed E-state index contributed by atoms with van der Waals surface area (Å²) in [6.45, 7) is 4.42. The van der Waals surface area contributed by atoms with Crippen LogP contribution in [0.2, 0.25) is 0 Å². The van der Waals surface area contributed by atoms with Crippen LogP contribution in [0.4, 0.5) is 0 Å². The topological polar surface area (TPSA) is 108 Å². The SMILES string of the molecule is CCCCCCC/C=C\C/C=C\C/C=C\CCCCCCCCCCCCC(=O)OCC(COP(=O)(O)OCC[N+](C)(C)C)OC(=O)CCCCCCCCCCCC/C=C\C/C=C\C/C=C\CCCCCCC. The lowest BCUT2D eigenvalue weighted by Crippen LogP contribution is -2.37. The number of allylic oxidation sites excluding steroid dienone is 12. The average molecular weight is 1060 g/mol. The van der Waals surface area contributed by atoms with Crippen molar-refractivity contribution in [3.8, 4) is 0 Å². The molecule has 9 nitrogen and oxygen atoms in total. The molecule has 430 valence electrons. The van der Waals surface area contributed by atoms with Gasteiger partial charge in [0.1, 0.15) is 19.8 Å². The van der Waals surface area contributed by atoms with Crippen LogP contribution >= 0.6 is 7.82 Å². The van der Waals surface area contributed by atoms with Crippen molar-refractivity contribution in [2.45, 2.75) is 277 Å². The number of nitrogens with zero attached hydrogens (tertiary/aromatic N) is 1. The molecule has 1 N–H and O–H groups in total. The van der Waals surface area contributed by atoms with Crippen LogP contribution in [-0.2, 0) is 32.7 Å². The number of unbranched alkanes of at least 4 members (excludes halogenated alkanes) is 30. The molecule has 10 heteroatoms. The Morgan fingerprint density at radius 3 is 1.08 bits per heavy atom. The van der Waals surface area contributed by atoms with Crippen molar-refractivity contribution in [2.24, 2.45) is 0 Å². The fraction of sp³-hybridized carbons (Fsp3) is 0.781. The van der Waals surface area contributed by atoms with Crippen molar-refractivity contribution < 1.29 is 42.1 Å². The maximum absolute atomic E-state index is 12.8. The third-order valence-electron chi connectivity index (χ3n) is 13.2. The maximum Gasteiger partial charge on any atom is 0.472 e. The van der Waals surface area contributed by atoms with Gasteiger partial charge in [0.15, 0.2) is 6.10 Å². The van der Waals surface area contributed by atoms with Crippen molar-refractivity contribution in [3.63, 3.8) is 0 Å². The number of esters is 2. The van der Waals surface area contributed by atoms with Crippen LogP contribution in [0.3, 0.4) is 0 Å². The first-order chi connectivity index (χ1) is 36.0. The predicted molar refractivity (Wildman–Crippen MR) is 316 cm³/mol. The summed E-state index contributed by atoms with van der Waals surface area (Å²) in [5, 5.41) is 0. The zero-order valence-corrected chi connectivity index (χ0v) is 49.7. The molecular weight excluding hydrogens is 942 g/mol. The highest BCUT2D eigenvalue weighted by molar-refractivity contribution is 7.47. The van der Waals surface area contributed by atoms with Gasteiger partial charge >= 0.3 is 19.8 Å². The number of phosphoric acid groups is 1. The van der Waals surface area contributed by atoms with E-state index in [4.69, 9.17) is 18.5 Å². The fourth-order valence-electron chi connectivity index (χ4n) is 8.44. The molecule has 2 unspecified atom stereocenters. The summed E-state index contributed by atoms with van der Waals surface area (Å²) in [7, 11) is 1.47. The number of phosphoric ester groups is 1. The quantitative estimate of drug-likeness (QED) is 0.0211. The van der Waals surface area contributed by atoms with Gasteiger partial charge in [-0.2, -0.15) is 0 Å². The van der Waals surface area contributed by atoms with Gasteiger partial charge in [0, 0.05) is 12.8 Å². The van der Waals surface area contributed by atoms with E-state index < -0.39 is 26.5 Å². The standard InChI is InChI=1S/C64H116NO8P/c1-6-8-10-12-14-16-18-20-22-24-26-28-30-32-34-36-38-40-42-44-46-48-50-52-54-56-63(66)70-60-62(61-72-74(68,69)71-59-58-65(3,4)5)73-64(67)57-55-53-51-49-47-45-43-41-39-37-35-33-31-29-27-25-23-21-19-17-15-13-11-9-7-2/h18-21,24-27,30-33,62H,6-17,22-23,28-29,34-61H2,1-5H3/p+1/b20-18-,21-19-,26-24-,27-25-,32-30-,33-31-. The van der Waals surface area contributed by atoms with Crippen LogP contribution in [0, 0.1) is 0 Å². The molecule has 0 spiro atoms. The van der Waals surface area contributed by atoms with Crippen molar-refractivity contribution in [3.05, 3.63) is 72.9 Å². The van der Waals surface area contributed by atoms with Crippen molar-refractivity contribution in [2.75, 3.05) is 47.5 Å². The largest absolute Gasteiger partial charge is 0.472 e. The van der Waals surface area contributed by atoms with Crippen LogP contribution in [0.5, 0.6) is 0 Å². The molecular formula is C64H117NO8P+. The lowest BCUT2D eigenvalue weighted by molar-refractivity contribution is -0.870. The zero-order valence-electron chi connectivity index (χ0n) is 48.8. The van der Waals surface area contributed by atoms with Gasteiger partial charge in [-0.15, -0.1) is 0 Å². The zero-order chi connectivity index (χ0) is 54.2. The number of quaternary nitrogens is 1.